The van der Waals surface area contributed by atoms with Crippen molar-refractivity contribution in [2.75, 3.05) is 31.2 Å². The van der Waals surface area contributed by atoms with Crippen molar-refractivity contribution in [3.63, 3.8) is 0 Å². The summed E-state index contributed by atoms with van der Waals surface area (Å²) in [5, 5.41) is 15.9. The number of nitrogens with zero attached hydrogens (tertiary/aromatic N) is 6. The lowest BCUT2D eigenvalue weighted by Crippen LogP contribution is -2.76. The number of anilines is 1. The van der Waals surface area contributed by atoms with Crippen LogP contribution in [0.5, 0.6) is 0 Å². The van der Waals surface area contributed by atoms with Crippen LogP contribution in [0.15, 0.2) is 10.9 Å². The first-order valence-corrected chi connectivity index (χ1v) is 18.1. The van der Waals surface area contributed by atoms with Crippen molar-refractivity contribution in [3.05, 3.63) is 22.0 Å². The number of carbonyl (C=O) groups is 3. The number of pyridine rings is 1. The van der Waals surface area contributed by atoms with E-state index in [2.05, 4.69) is 29.4 Å². The van der Waals surface area contributed by atoms with Crippen LogP contribution in [0.3, 0.4) is 0 Å². The molecule has 0 radical (unpaired) electrons. The number of ether oxygens (including phenoxy) is 1. The zero-order valence-electron chi connectivity index (χ0n) is 28.4. The van der Waals surface area contributed by atoms with Crippen molar-refractivity contribution in [3.8, 4) is 0 Å². The monoisotopic (exact) mass is 660 g/mol. The fourth-order valence-corrected chi connectivity index (χ4v) is 9.56. The normalized spacial score (nSPS) is 31.0. The summed E-state index contributed by atoms with van der Waals surface area (Å²) in [6, 6.07) is -0.109. The molecule has 48 heavy (non-hydrogen) atoms. The van der Waals surface area contributed by atoms with Crippen LogP contribution in [-0.4, -0.2) is 92.2 Å². The maximum absolute atomic E-state index is 14.5. The number of aromatic nitrogens is 4. The van der Waals surface area contributed by atoms with Crippen LogP contribution in [0.1, 0.15) is 90.7 Å². The quantitative estimate of drug-likeness (QED) is 0.418. The van der Waals surface area contributed by atoms with Crippen molar-refractivity contribution >= 4 is 40.3 Å². The first kappa shape index (κ1) is 31.5. The fourth-order valence-electron chi connectivity index (χ4n) is 9.56. The van der Waals surface area contributed by atoms with Crippen LogP contribution in [-0.2, 0) is 32.1 Å². The molecule has 7 aliphatic rings. The van der Waals surface area contributed by atoms with E-state index in [-0.39, 0.29) is 58.9 Å². The molecule has 4 saturated carbocycles. The minimum absolute atomic E-state index is 0.00242. The van der Waals surface area contributed by atoms with E-state index in [1.165, 1.54) is 0 Å². The molecule has 2 aromatic heterocycles. The van der Waals surface area contributed by atoms with Gasteiger partial charge in [0.15, 0.2) is 11.2 Å². The standard InChI is InChI=1S/C35H48N8O5/c1-4-24-31(41-13-12-40(25-8-9-26(25)41)29(46)16-22-6-5-7-27(44)36-22)32(47)30-33(39-43(38-30)23-10-14-48-15-11-23)42(24)17-28(45)37-35-18-34(19-35,20-35)21(2)3/h10,21-22,25-26H,4-9,11-20H2,1-3H3,(H,36,44)(H,37,45)/t22?,25-,26-,34?,35?/m0/s1. The number of piperidine rings is 1. The third-order valence-corrected chi connectivity index (χ3v) is 12.3. The summed E-state index contributed by atoms with van der Waals surface area (Å²) in [6.07, 6.45) is 10.4. The highest BCUT2D eigenvalue weighted by molar-refractivity contribution is 5.84. The lowest BCUT2D eigenvalue weighted by Gasteiger charge is -2.72. The van der Waals surface area contributed by atoms with E-state index in [4.69, 9.17) is 14.9 Å². The van der Waals surface area contributed by atoms with Crippen LogP contribution in [0.2, 0.25) is 0 Å². The molecule has 6 fully saturated rings. The number of amides is 3. The summed E-state index contributed by atoms with van der Waals surface area (Å²) >= 11 is 0. The van der Waals surface area contributed by atoms with Crippen LogP contribution in [0, 0.1) is 11.3 Å². The minimum atomic E-state index is -0.175. The number of carbonyl (C=O) groups excluding carboxylic acids is 3. The largest absolute Gasteiger partial charge is 0.377 e. The maximum Gasteiger partial charge on any atom is 0.240 e. The predicted octanol–water partition coefficient (Wildman–Crippen LogP) is 2.35. The smallest absolute Gasteiger partial charge is 0.240 e. The van der Waals surface area contributed by atoms with Gasteiger partial charge in [-0.15, -0.1) is 10.2 Å². The number of rotatable bonds is 9. The molecule has 3 atom stereocenters. The Bertz CT molecular complexity index is 1740. The Hall–Kier alpha value is -3.74. The molecule has 258 valence electrons. The highest BCUT2D eigenvalue weighted by Crippen LogP contribution is 2.70. The van der Waals surface area contributed by atoms with Crippen molar-refractivity contribution in [2.45, 2.75) is 122 Å². The zero-order chi connectivity index (χ0) is 33.4. The Morgan fingerprint density at radius 3 is 2.54 bits per heavy atom. The molecule has 13 heteroatoms. The molecular formula is C35H48N8O5. The van der Waals surface area contributed by atoms with Crippen LogP contribution >= 0.6 is 0 Å². The Morgan fingerprint density at radius 1 is 1.08 bits per heavy atom. The summed E-state index contributed by atoms with van der Waals surface area (Å²) in [5.74, 6) is 0.631. The van der Waals surface area contributed by atoms with Gasteiger partial charge in [-0.05, 0) is 68.8 Å². The van der Waals surface area contributed by atoms with Gasteiger partial charge in [0.05, 0.1) is 25.0 Å². The Kier molecular flexibility index (Phi) is 7.68. The average Bonchev–Trinajstić information content (AvgIpc) is 3.46. The van der Waals surface area contributed by atoms with Crippen molar-refractivity contribution in [1.29, 1.82) is 0 Å². The fraction of sp³-hybridized carbons (Fsp3) is 0.714. The van der Waals surface area contributed by atoms with Crippen molar-refractivity contribution < 1.29 is 19.1 Å². The summed E-state index contributed by atoms with van der Waals surface area (Å²) in [5.41, 5.74) is 3.00. The van der Waals surface area contributed by atoms with E-state index in [9.17, 15) is 19.2 Å². The predicted molar refractivity (Wildman–Crippen MR) is 179 cm³/mol. The van der Waals surface area contributed by atoms with E-state index in [0.717, 1.165) is 56.3 Å². The van der Waals surface area contributed by atoms with Gasteiger partial charge in [0.1, 0.15) is 12.2 Å². The summed E-state index contributed by atoms with van der Waals surface area (Å²) < 4.78 is 7.42. The maximum atomic E-state index is 14.5. The summed E-state index contributed by atoms with van der Waals surface area (Å²) in [4.78, 5) is 59.4. The minimum Gasteiger partial charge on any atom is -0.377 e. The summed E-state index contributed by atoms with van der Waals surface area (Å²) in [6.45, 7) is 8.66. The SMILES string of the molecule is CCc1c(N2CCN(C(=O)CC3CCCC(=O)N3)[C@H]3CC[C@@H]32)c(=O)c2nn(C3=CCOCC3)nc2n1CC(=O)NC12CC(C(C)C)(C1)C2. The highest BCUT2D eigenvalue weighted by Gasteiger charge is 2.69. The van der Waals surface area contributed by atoms with Crippen LogP contribution in [0.25, 0.3) is 16.9 Å². The molecule has 2 N–H and O–H groups in total. The molecule has 2 saturated heterocycles. The first-order chi connectivity index (χ1) is 23.1. The van der Waals surface area contributed by atoms with E-state index in [1.54, 1.807) is 4.80 Å². The molecule has 0 spiro atoms. The van der Waals surface area contributed by atoms with E-state index in [0.29, 0.717) is 74.7 Å². The second-order valence-electron chi connectivity index (χ2n) is 15.5. The third kappa shape index (κ3) is 5.06. The average molecular weight is 661 g/mol. The van der Waals surface area contributed by atoms with E-state index < -0.39 is 0 Å². The van der Waals surface area contributed by atoms with Gasteiger partial charge < -0.3 is 29.7 Å². The molecule has 0 aromatic carbocycles. The Labute approximate surface area is 280 Å². The third-order valence-electron chi connectivity index (χ3n) is 12.3. The Morgan fingerprint density at radius 2 is 1.88 bits per heavy atom. The number of nitrogens with one attached hydrogen (secondary N) is 2. The second-order valence-corrected chi connectivity index (χ2v) is 15.5. The highest BCUT2D eigenvalue weighted by atomic mass is 16.5. The van der Waals surface area contributed by atoms with Gasteiger partial charge >= 0.3 is 0 Å². The lowest BCUT2D eigenvalue weighted by molar-refractivity contribution is -0.187. The number of hydrogen-bond donors (Lipinski definition) is 2. The zero-order valence-corrected chi connectivity index (χ0v) is 28.4. The number of hydrogen-bond acceptors (Lipinski definition) is 8. The molecule has 1 unspecified atom stereocenters. The van der Waals surface area contributed by atoms with Gasteiger partial charge in [-0.3, -0.25) is 19.2 Å². The van der Waals surface area contributed by atoms with Crippen molar-refractivity contribution in [2.24, 2.45) is 11.3 Å². The van der Waals surface area contributed by atoms with Gasteiger partial charge in [-0.2, -0.15) is 4.80 Å². The molecule has 9 rings (SSSR count). The molecule has 13 nitrogen and oxygen atoms in total. The van der Waals surface area contributed by atoms with E-state index >= 15 is 0 Å². The lowest BCUT2D eigenvalue weighted by atomic mass is 9.36. The van der Waals surface area contributed by atoms with Gasteiger partial charge in [0.2, 0.25) is 23.2 Å². The van der Waals surface area contributed by atoms with Gasteiger partial charge in [0, 0.05) is 55.7 Å². The number of fused-ring (bicyclic) bond motifs is 2. The summed E-state index contributed by atoms with van der Waals surface area (Å²) in [7, 11) is 0. The first-order valence-electron chi connectivity index (χ1n) is 18.1. The Balaban J connectivity index is 1.10. The van der Waals surface area contributed by atoms with Gasteiger partial charge in [-0.1, -0.05) is 20.8 Å². The van der Waals surface area contributed by atoms with Gasteiger partial charge in [0.25, 0.3) is 0 Å². The second kappa shape index (κ2) is 11.7. The topological polar surface area (TPSA) is 144 Å². The van der Waals surface area contributed by atoms with E-state index in [1.807, 2.05) is 22.5 Å². The molecule has 2 aromatic rings. The molecule has 2 bridgehead atoms. The molecule has 3 amide bonds. The molecule has 4 aliphatic carbocycles. The molecular weight excluding hydrogens is 612 g/mol. The van der Waals surface area contributed by atoms with Gasteiger partial charge in [-0.25, -0.2) is 0 Å². The van der Waals surface area contributed by atoms with Crippen LogP contribution in [0.4, 0.5) is 5.69 Å². The number of piperazine rings is 1. The van der Waals surface area contributed by atoms with Crippen molar-refractivity contribution in [1.82, 2.24) is 35.1 Å². The molecule has 5 heterocycles. The molecule has 3 aliphatic heterocycles. The van der Waals surface area contributed by atoms with Crippen LogP contribution < -0.4 is 21.0 Å².